The third-order valence-electron chi connectivity index (χ3n) is 8.10. The molecule has 2 unspecified atom stereocenters. The van der Waals surface area contributed by atoms with Gasteiger partial charge in [0.25, 0.3) is 0 Å². The van der Waals surface area contributed by atoms with Gasteiger partial charge in [0.2, 0.25) is 0 Å². The highest BCUT2D eigenvalue weighted by molar-refractivity contribution is 5.86. The molecule has 4 aromatic rings. The van der Waals surface area contributed by atoms with Gasteiger partial charge in [0.05, 0.1) is 18.6 Å². The Labute approximate surface area is 260 Å². The van der Waals surface area contributed by atoms with Crippen LogP contribution in [0.3, 0.4) is 0 Å². The molecule has 0 fully saturated rings. The van der Waals surface area contributed by atoms with E-state index in [0.29, 0.717) is 25.4 Å². The smallest absolute Gasteiger partial charge is 0.176 e. The molecule has 2 atom stereocenters. The fourth-order valence-corrected chi connectivity index (χ4v) is 5.84. The lowest BCUT2D eigenvalue weighted by atomic mass is 9.67. The van der Waals surface area contributed by atoms with Gasteiger partial charge < -0.3 is 29.2 Å². The van der Waals surface area contributed by atoms with Crippen molar-refractivity contribution in [3.05, 3.63) is 131 Å². The molecule has 1 aliphatic carbocycles. The minimum atomic E-state index is -0.991. The molecular formula is C38H42O6. The van der Waals surface area contributed by atoms with Crippen molar-refractivity contribution in [2.24, 2.45) is 5.92 Å². The summed E-state index contributed by atoms with van der Waals surface area (Å²) in [4.78, 5) is 0. The van der Waals surface area contributed by atoms with E-state index in [-0.39, 0.29) is 12.5 Å². The summed E-state index contributed by atoms with van der Waals surface area (Å²) in [5.74, 6) is 1.54. The number of fused-ring (bicyclic) bond motifs is 3. The lowest BCUT2D eigenvalue weighted by molar-refractivity contribution is -0.130. The Morgan fingerprint density at radius 2 is 1.30 bits per heavy atom. The Kier molecular flexibility index (Phi) is 9.87. The van der Waals surface area contributed by atoms with Gasteiger partial charge in [0.15, 0.2) is 12.6 Å². The number of rotatable bonds is 14. The van der Waals surface area contributed by atoms with Gasteiger partial charge in [-0.3, -0.25) is 0 Å². The van der Waals surface area contributed by atoms with Crippen molar-refractivity contribution in [1.29, 1.82) is 0 Å². The second-order valence-corrected chi connectivity index (χ2v) is 11.6. The zero-order chi connectivity index (χ0) is 31.3. The molecule has 230 valence electrons. The third kappa shape index (κ3) is 6.30. The van der Waals surface area contributed by atoms with Crippen molar-refractivity contribution in [2.45, 2.75) is 45.7 Å². The van der Waals surface area contributed by atoms with Crippen LogP contribution in [-0.4, -0.2) is 49.2 Å². The van der Waals surface area contributed by atoms with Crippen molar-refractivity contribution in [2.75, 3.05) is 26.4 Å². The van der Waals surface area contributed by atoms with Crippen LogP contribution in [0.5, 0.6) is 11.5 Å². The highest BCUT2D eigenvalue weighted by atomic mass is 16.6. The van der Waals surface area contributed by atoms with Gasteiger partial charge in [-0.25, -0.2) is 0 Å². The molecule has 5 rings (SSSR count). The molecule has 0 heterocycles. The van der Waals surface area contributed by atoms with Crippen LogP contribution in [0.1, 0.15) is 48.6 Å². The number of benzene rings is 4. The molecular weight excluding hydrogens is 552 g/mol. The molecule has 0 amide bonds. The van der Waals surface area contributed by atoms with Crippen LogP contribution in [-0.2, 0) is 14.9 Å². The molecule has 2 N–H and O–H groups in total. The fourth-order valence-electron chi connectivity index (χ4n) is 5.84. The van der Waals surface area contributed by atoms with Crippen LogP contribution in [0.15, 0.2) is 103 Å². The standard InChI is InChI=1S/C38H42O6/c1-25(2)36(39)43-22-20-41-30-17-14-28(15-18-30)38(33-12-8-6-10-31(33)32-11-7-9-13-34(32)38)29-16-19-35(27(5)24-29)42-21-23-44-37(40)26(3)4/h6-19,24,26,36-37,39-40H,1,20-23H2,2-5H3. The summed E-state index contributed by atoms with van der Waals surface area (Å²) < 4.78 is 22.8. The first-order valence-electron chi connectivity index (χ1n) is 15.1. The van der Waals surface area contributed by atoms with E-state index in [9.17, 15) is 10.2 Å². The minimum absolute atomic E-state index is 0.0275. The fraction of sp³-hybridized carbons (Fsp3) is 0.316. The average molecular weight is 595 g/mol. The summed E-state index contributed by atoms with van der Waals surface area (Å²) in [7, 11) is 0. The first kappa shape index (κ1) is 31.5. The first-order chi connectivity index (χ1) is 21.2. The highest BCUT2D eigenvalue weighted by Crippen LogP contribution is 2.56. The third-order valence-corrected chi connectivity index (χ3v) is 8.10. The highest BCUT2D eigenvalue weighted by Gasteiger charge is 2.46. The van der Waals surface area contributed by atoms with E-state index in [0.717, 1.165) is 28.2 Å². The van der Waals surface area contributed by atoms with E-state index in [1.807, 2.05) is 32.0 Å². The lowest BCUT2D eigenvalue weighted by Crippen LogP contribution is -2.28. The molecule has 0 aromatic heterocycles. The summed E-state index contributed by atoms with van der Waals surface area (Å²) in [6.07, 6.45) is -1.79. The van der Waals surface area contributed by atoms with Gasteiger partial charge in [0.1, 0.15) is 24.7 Å². The van der Waals surface area contributed by atoms with Gasteiger partial charge in [-0.2, -0.15) is 0 Å². The van der Waals surface area contributed by atoms with Crippen molar-refractivity contribution in [3.8, 4) is 22.6 Å². The molecule has 0 saturated heterocycles. The van der Waals surface area contributed by atoms with Crippen LogP contribution in [0, 0.1) is 12.8 Å². The Balaban J connectivity index is 1.47. The molecule has 44 heavy (non-hydrogen) atoms. The second kappa shape index (κ2) is 13.8. The van der Waals surface area contributed by atoms with Crippen molar-refractivity contribution in [3.63, 3.8) is 0 Å². The quantitative estimate of drug-likeness (QED) is 0.0818. The van der Waals surface area contributed by atoms with Crippen LogP contribution in [0.4, 0.5) is 0 Å². The lowest BCUT2D eigenvalue weighted by Gasteiger charge is -2.34. The molecule has 6 heteroatoms. The van der Waals surface area contributed by atoms with Crippen LogP contribution >= 0.6 is 0 Å². The van der Waals surface area contributed by atoms with E-state index < -0.39 is 18.0 Å². The van der Waals surface area contributed by atoms with E-state index in [1.54, 1.807) is 6.92 Å². The predicted octanol–water partition coefficient (Wildman–Crippen LogP) is 7.02. The maximum absolute atomic E-state index is 9.94. The molecule has 6 nitrogen and oxygen atoms in total. The number of aliphatic hydroxyl groups is 2. The zero-order valence-electron chi connectivity index (χ0n) is 26.0. The molecule has 0 aliphatic heterocycles. The molecule has 1 aliphatic rings. The Hall–Kier alpha value is -3.94. The van der Waals surface area contributed by atoms with E-state index in [4.69, 9.17) is 18.9 Å². The van der Waals surface area contributed by atoms with Crippen molar-refractivity contribution < 1.29 is 29.2 Å². The van der Waals surface area contributed by atoms with Crippen LogP contribution in [0.25, 0.3) is 11.1 Å². The maximum atomic E-state index is 9.94. The molecule has 0 saturated carbocycles. The van der Waals surface area contributed by atoms with Crippen molar-refractivity contribution in [1.82, 2.24) is 0 Å². The average Bonchev–Trinajstić information content (AvgIpc) is 3.33. The molecule has 4 aromatic carbocycles. The van der Waals surface area contributed by atoms with E-state index in [1.165, 1.54) is 22.3 Å². The summed E-state index contributed by atoms with van der Waals surface area (Å²) in [5, 5.41) is 19.7. The summed E-state index contributed by atoms with van der Waals surface area (Å²) in [6, 6.07) is 31.9. The van der Waals surface area contributed by atoms with Crippen LogP contribution in [0.2, 0.25) is 0 Å². The normalized spacial score (nSPS) is 14.5. The Morgan fingerprint density at radius 3 is 1.89 bits per heavy atom. The Morgan fingerprint density at radius 1 is 0.727 bits per heavy atom. The van der Waals surface area contributed by atoms with Gasteiger partial charge in [-0.05, 0) is 76.6 Å². The maximum Gasteiger partial charge on any atom is 0.176 e. The minimum Gasteiger partial charge on any atom is -0.491 e. The van der Waals surface area contributed by atoms with E-state index in [2.05, 4.69) is 86.3 Å². The van der Waals surface area contributed by atoms with Gasteiger partial charge in [-0.1, -0.05) is 93.2 Å². The first-order valence-corrected chi connectivity index (χ1v) is 15.1. The van der Waals surface area contributed by atoms with Gasteiger partial charge >= 0.3 is 0 Å². The number of aryl methyl sites for hydroxylation is 1. The SMILES string of the molecule is C=C(C)C(O)OCCOc1ccc(C2(c3ccc(OCCOC(O)C(C)C)c(C)c3)c3ccccc3-c3ccccc32)cc1. The number of aliphatic hydroxyl groups excluding tert-OH is 2. The van der Waals surface area contributed by atoms with Gasteiger partial charge in [0, 0.05) is 5.92 Å². The predicted molar refractivity (Wildman–Crippen MR) is 173 cm³/mol. The Bertz CT molecular complexity index is 1530. The molecule has 0 bridgehead atoms. The summed E-state index contributed by atoms with van der Waals surface area (Å²) in [5.41, 5.74) is 8.18. The number of ether oxygens (including phenoxy) is 4. The topological polar surface area (TPSA) is 77.4 Å². The monoisotopic (exact) mass is 594 g/mol. The second-order valence-electron chi connectivity index (χ2n) is 11.6. The largest absolute Gasteiger partial charge is 0.491 e. The number of hydrogen-bond acceptors (Lipinski definition) is 6. The van der Waals surface area contributed by atoms with Gasteiger partial charge in [-0.15, -0.1) is 0 Å². The molecule has 0 radical (unpaired) electrons. The van der Waals surface area contributed by atoms with Crippen molar-refractivity contribution >= 4 is 0 Å². The van der Waals surface area contributed by atoms with E-state index >= 15 is 0 Å². The summed E-state index contributed by atoms with van der Waals surface area (Å²) >= 11 is 0. The van der Waals surface area contributed by atoms with Crippen LogP contribution < -0.4 is 9.47 Å². The zero-order valence-corrected chi connectivity index (χ0v) is 26.0. The number of hydrogen-bond donors (Lipinski definition) is 2. The summed E-state index contributed by atoms with van der Waals surface area (Å²) in [6.45, 7) is 12.5. The molecule has 0 spiro atoms.